The van der Waals surface area contributed by atoms with Gasteiger partial charge in [0.05, 0.1) is 27.5 Å². The van der Waals surface area contributed by atoms with Crippen LogP contribution >= 0.6 is 0 Å². The Morgan fingerprint density at radius 3 is 1.00 bits per heavy atom. The maximum Gasteiger partial charge on any atom is 0.0713 e. The predicted molar refractivity (Wildman–Crippen MR) is 390 cm³/mol. The maximum absolute atomic E-state index is 2.44. The lowest BCUT2D eigenvalue weighted by atomic mass is 9.67. The van der Waals surface area contributed by atoms with Crippen LogP contribution in [-0.2, 0) is 5.41 Å². The predicted octanol–water partition coefficient (Wildman–Crippen LogP) is 23.9. The molecule has 0 bridgehead atoms. The third-order valence-corrected chi connectivity index (χ3v) is 19.6. The van der Waals surface area contributed by atoms with E-state index >= 15 is 0 Å². The zero-order valence-corrected chi connectivity index (χ0v) is 51.0. The summed E-state index contributed by atoms with van der Waals surface area (Å²) in [7, 11) is 0. The van der Waals surface area contributed by atoms with Crippen LogP contribution in [0, 0.1) is 0 Å². The van der Waals surface area contributed by atoms with Crippen LogP contribution < -0.4 is 0 Å². The topological polar surface area (TPSA) is 9.86 Å². The van der Waals surface area contributed by atoms with Crippen molar-refractivity contribution in [2.24, 2.45) is 0 Å². The van der Waals surface area contributed by atoms with Gasteiger partial charge in [0.25, 0.3) is 0 Å². The highest BCUT2D eigenvalue weighted by atomic mass is 15.0. The number of benzene rings is 15. The minimum Gasteiger partial charge on any atom is -0.309 e. The Balaban J connectivity index is 0.639. The fourth-order valence-electron chi connectivity index (χ4n) is 15.2. The summed E-state index contributed by atoms with van der Waals surface area (Å²) >= 11 is 0. The first kappa shape index (κ1) is 53.9. The number of aromatic nitrogens is 2. The van der Waals surface area contributed by atoms with Gasteiger partial charge in [0.2, 0.25) is 0 Å². The molecule has 434 valence electrons. The second-order valence-corrected chi connectivity index (χ2v) is 24.7. The zero-order valence-electron chi connectivity index (χ0n) is 51.0. The first-order chi connectivity index (χ1) is 46.1. The lowest BCUT2D eigenvalue weighted by molar-refractivity contribution is 0.769. The first-order valence-electron chi connectivity index (χ1n) is 32.2. The Kier molecular flexibility index (Phi) is 12.8. The monoisotopic (exact) mass is 1180 g/mol. The summed E-state index contributed by atoms with van der Waals surface area (Å²) < 4.78 is 4.83. The molecule has 0 fully saturated rings. The van der Waals surface area contributed by atoms with Gasteiger partial charge in [0.15, 0.2) is 0 Å². The van der Waals surface area contributed by atoms with Crippen LogP contribution in [0.15, 0.2) is 364 Å². The average molecular weight is 1180 g/mol. The summed E-state index contributed by atoms with van der Waals surface area (Å²) in [5, 5.41) is 4.95. The third-order valence-electron chi connectivity index (χ3n) is 19.6. The standard InChI is InChI=1S/C91H60N2/c1-3-19-61(20-4-1)65-47-51-77(52-48-65)92-87-37-13-9-33-81(87)83-59-73(49-53-89(83)92)74-50-54-90-84(60-74)82-34-10-14-38-88(82)93(90)78-30-18-27-72(58-78)67-45-41-64(42-46-67)63-39-43-66(44-40-63)70-25-16-28-75(56-70)91(85-35-11-7-31-79(85)80-32-8-12-36-86(80)91)76-29-17-26-71(57-76)69-24-15-23-68(55-69)62-21-5-2-6-22-62/h1-60H. The number of para-hydroxylation sites is 2. The minimum atomic E-state index is -0.549. The van der Waals surface area contributed by atoms with Crippen LogP contribution in [0.2, 0.25) is 0 Å². The summed E-state index contributed by atoms with van der Waals surface area (Å²) in [6, 6.07) is 135. The van der Waals surface area contributed by atoms with Gasteiger partial charge in [-0.3, -0.25) is 0 Å². The Bertz CT molecular complexity index is 5670. The molecule has 15 aromatic carbocycles. The fourth-order valence-corrected chi connectivity index (χ4v) is 15.2. The molecule has 2 aromatic heterocycles. The van der Waals surface area contributed by atoms with E-state index in [4.69, 9.17) is 0 Å². The van der Waals surface area contributed by atoms with E-state index in [0.29, 0.717) is 0 Å². The van der Waals surface area contributed by atoms with Crippen molar-refractivity contribution in [1.29, 1.82) is 0 Å². The van der Waals surface area contributed by atoms with E-state index < -0.39 is 5.41 Å². The zero-order chi connectivity index (χ0) is 61.4. The second-order valence-electron chi connectivity index (χ2n) is 24.7. The smallest absolute Gasteiger partial charge is 0.0713 e. The number of rotatable bonds is 11. The minimum absolute atomic E-state index is 0.549. The molecule has 0 aliphatic heterocycles. The van der Waals surface area contributed by atoms with Gasteiger partial charge in [-0.2, -0.15) is 0 Å². The van der Waals surface area contributed by atoms with Crippen molar-refractivity contribution >= 4 is 43.6 Å². The molecule has 0 N–H and O–H groups in total. The Labute approximate surface area is 541 Å². The molecule has 0 amide bonds. The van der Waals surface area contributed by atoms with Crippen molar-refractivity contribution in [3.8, 4) is 100 Å². The molecule has 17 aromatic rings. The van der Waals surface area contributed by atoms with Crippen LogP contribution in [0.3, 0.4) is 0 Å². The normalized spacial score (nSPS) is 12.4. The van der Waals surface area contributed by atoms with Gasteiger partial charge in [-0.05, 0) is 190 Å². The van der Waals surface area contributed by atoms with Gasteiger partial charge in [0.1, 0.15) is 0 Å². The molecule has 93 heavy (non-hydrogen) atoms. The van der Waals surface area contributed by atoms with E-state index in [-0.39, 0.29) is 0 Å². The largest absolute Gasteiger partial charge is 0.309 e. The van der Waals surface area contributed by atoms with E-state index in [1.165, 1.54) is 155 Å². The molecule has 0 saturated carbocycles. The maximum atomic E-state index is 2.44. The van der Waals surface area contributed by atoms with Crippen molar-refractivity contribution in [3.05, 3.63) is 386 Å². The summed E-state index contributed by atoms with van der Waals surface area (Å²) in [6.07, 6.45) is 0. The van der Waals surface area contributed by atoms with Crippen LogP contribution in [0.25, 0.3) is 144 Å². The van der Waals surface area contributed by atoms with Crippen LogP contribution in [0.4, 0.5) is 0 Å². The molecule has 0 saturated heterocycles. The highest BCUT2D eigenvalue weighted by Crippen LogP contribution is 2.57. The lowest BCUT2D eigenvalue weighted by Gasteiger charge is -2.34. The quantitative estimate of drug-likeness (QED) is 0.122. The van der Waals surface area contributed by atoms with Crippen molar-refractivity contribution < 1.29 is 0 Å². The summed E-state index contributed by atoms with van der Waals surface area (Å²) in [6.45, 7) is 0. The molecule has 0 unspecified atom stereocenters. The molecule has 2 heterocycles. The second kappa shape index (κ2) is 22.1. The number of nitrogens with zero attached hydrogens (tertiary/aromatic N) is 2. The van der Waals surface area contributed by atoms with Crippen molar-refractivity contribution in [1.82, 2.24) is 9.13 Å². The van der Waals surface area contributed by atoms with Gasteiger partial charge in [0, 0.05) is 32.9 Å². The van der Waals surface area contributed by atoms with Crippen LogP contribution in [0.5, 0.6) is 0 Å². The average Bonchev–Trinajstić information content (AvgIpc) is 1.58. The highest BCUT2D eigenvalue weighted by Gasteiger charge is 2.46. The van der Waals surface area contributed by atoms with E-state index in [1.54, 1.807) is 0 Å². The molecule has 0 radical (unpaired) electrons. The summed E-state index contributed by atoms with van der Waals surface area (Å²) in [5.41, 5.74) is 30.9. The van der Waals surface area contributed by atoms with Crippen LogP contribution in [-0.4, -0.2) is 9.13 Å². The summed E-state index contributed by atoms with van der Waals surface area (Å²) in [5.74, 6) is 0. The van der Waals surface area contributed by atoms with Crippen molar-refractivity contribution in [2.75, 3.05) is 0 Å². The third kappa shape index (κ3) is 9.02. The Morgan fingerprint density at radius 2 is 0.484 bits per heavy atom. The molecular formula is C91H60N2. The molecule has 18 rings (SSSR count). The van der Waals surface area contributed by atoms with E-state index in [1.807, 2.05) is 0 Å². The molecule has 0 spiro atoms. The number of hydrogen-bond acceptors (Lipinski definition) is 0. The molecule has 0 atom stereocenters. The lowest BCUT2D eigenvalue weighted by Crippen LogP contribution is -2.28. The summed E-state index contributed by atoms with van der Waals surface area (Å²) in [4.78, 5) is 0. The fraction of sp³-hybridized carbons (Fsp3) is 0.0110. The molecule has 1 aliphatic rings. The Morgan fingerprint density at radius 1 is 0.172 bits per heavy atom. The Hall–Kier alpha value is -12.1. The van der Waals surface area contributed by atoms with Gasteiger partial charge < -0.3 is 9.13 Å². The van der Waals surface area contributed by atoms with Crippen molar-refractivity contribution in [3.63, 3.8) is 0 Å². The first-order valence-corrected chi connectivity index (χ1v) is 32.2. The molecule has 2 heteroatoms. The SMILES string of the molecule is c1ccc(-c2ccc(-n3c4ccccc4c4cc(-c5ccc6c(c5)c5ccccc5n6-c5cccc(-c6ccc(-c7ccc(-c8cccc(C9(c%10cccc(-c%11cccc(-c%12ccccc%12)c%11)c%10)c%10ccccc%10-c%10ccccc%109)c8)cc7)cc6)c5)ccc43)cc2)cc1. The van der Waals surface area contributed by atoms with Crippen LogP contribution in [0.1, 0.15) is 22.3 Å². The van der Waals surface area contributed by atoms with E-state index in [2.05, 4.69) is 373 Å². The van der Waals surface area contributed by atoms with Gasteiger partial charge >= 0.3 is 0 Å². The molecule has 2 nitrogen and oxygen atoms in total. The highest BCUT2D eigenvalue weighted by molar-refractivity contribution is 6.13. The van der Waals surface area contributed by atoms with Gasteiger partial charge in [-0.25, -0.2) is 0 Å². The van der Waals surface area contributed by atoms with E-state index in [9.17, 15) is 0 Å². The van der Waals surface area contributed by atoms with Gasteiger partial charge in [-0.1, -0.05) is 285 Å². The van der Waals surface area contributed by atoms with Crippen molar-refractivity contribution in [2.45, 2.75) is 5.41 Å². The molecule has 1 aliphatic carbocycles. The molecular weight excluding hydrogens is 1120 g/mol. The number of hydrogen-bond donors (Lipinski definition) is 0. The van der Waals surface area contributed by atoms with Gasteiger partial charge in [-0.15, -0.1) is 0 Å². The van der Waals surface area contributed by atoms with E-state index in [0.717, 1.165) is 11.4 Å². The number of fused-ring (bicyclic) bond motifs is 9.